The Morgan fingerprint density at radius 3 is 2.89 bits per heavy atom. The van der Waals surface area contributed by atoms with Crippen molar-refractivity contribution in [3.8, 4) is 10.6 Å². The maximum atomic E-state index is 10.8. The van der Waals surface area contributed by atoms with E-state index in [0.717, 1.165) is 28.2 Å². The van der Waals surface area contributed by atoms with Gasteiger partial charge in [-0.2, -0.15) is 0 Å². The second-order valence-electron chi connectivity index (χ2n) is 3.98. The molecule has 1 amide bonds. The van der Waals surface area contributed by atoms with Gasteiger partial charge in [-0.1, -0.05) is 13.0 Å². The molecular formula is C13H14N2O2S. The maximum absolute atomic E-state index is 10.8. The number of carbonyl (C=O) groups is 1. The summed E-state index contributed by atoms with van der Waals surface area (Å²) in [6, 6.07) is 5.67. The molecule has 2 aromatic rings. The molecule has 1 aromatic heterocycles. The molecular weight excluding hydrogens is 248 g/mol. The third-order valence-electron chi connectivity index (χ3n) is 2.56. The van der Waals surface area contributed by atoms with E-state index in [1.165, 1.54) is 11.3 Å². The zero-order valence-corrected chi connectivity index (χ0v) is 11.0. The van der Waals surface area contributed by atoms with Crippen LogP contribution in [0.3, 0.4) is 0 Å². The van der Waals surface area contributed by atoms with Gasteiger partial charge in [-0.05, 0) is 31.0 Å². The van der Waals surface area contributed by atoms with Gasteiger partial charge in [-0.15, -0.1) is 11.3 Å². The lowest BCUT2D eigenvalue weighted by atomic mass is 10.1. The summed E-state index contributed by atoms with van der Waals surface area (Å²) in [5.74, 6) is 0. The molecule has 0 spiro atoms. The van der Waals surface area contributed by atoms with Gasteiger partial charge in [0.15, 0.2) is 0 Å². The first-order chi connectivity index (χ1) is 8.60. The molecule has 0 unspecified atom stereocenters. The molecule has 18 heavy (non-hydrogen) atoms. The van der Waals surface area contributed by atoms with Gasteiger partial charge in [0.05, 0.1) is 11.4 Å². The van der Waals surface area contributed by atoms with Crippen molar-refractivity contribution in [3.05, 3.63) is 34.8 Å². The lowest BCUT2D eigenvalue weighted by Crippen LogP contribution is -2.08. The molecule has 0 atom stereocenters. The summed E-state index contributed by atoms with van der Waals surface area (Å²) in [4.78, 5) is 15.3. The van der Waals surface area contributed by atoms with Gasteiger partial charge in [0.1, 0.15) is 5.01 Å². The molecule has 4 nitrogen and oxygen atoms in total. The second-order valence-corrected chi connectivity index (χ2v) is 4.83. The number of anilines is 1. The van der Waals surface area contributed by atoms with E-state index in [9.17, 15) is 4.79 Å². The molecule has 2 rings (SSSR count). The van der Waals surface area contributed by atoms with Crippen LogP contribution in [0.4, 0.5) is 10.5 Å². The number of benzene rings is 1. The summed E-state index contributed by atoms with van der Waals surface area (Å²) in [6.07, 6.45) is -0.182. The Bertz CT molecular complexity index is 578. The van der Waals surface area contributed by atoms with E-state index >= 15 is 0 Å². The van der Waals surface area contributed by atoms with Gasteiger partial charge in [0.2, 0.25) is 0 Å². The molecule has 94 valence electrons. The number of thiazole rings is 1. The Hall–Kier alpha value is -1.88. The summed E-state index contributed by atoms with van der Waals surface area (Å²) in [5.41, 5.74) is 3.44. The van der Waals surface area contributed by atoms with Crippen molar-refractivity contribution in [2.75, 3.05) is 5.32 Å². The van der Waals surface area contributed by atoms with Crippen LogP contribution in [-0.2, 0) is 6.42 Å². The van der Waals surface area contributed by atoms with Gasteiger partial charge in [0, 0.05) is 10.9 Å². The van der Waals surface area contributed by atoms with Crippen LogP contribution < -0.4 is 5.32 Å². The van der Waals surface area contributed by atoms with Gasteiger partial charge in [0.25, 0.3) is 0 Å². The lowest BCUT2D eigenvalue weighted by molar-refractivity contribution is 0.210. The Kier molecular flexibility index (Phi) is 3.62. The number of nitrogens with zero attached hydrogens (tertiary/aromatic N) is 1. The van der Waals surface area contributed by atoms with Crippen LogP contribution in [0, 0.1) is 6.92 Å². The lowest BCUT2D eigenvalue weighted by Gasteiger charge is -2.07. The van der Waals surface area contributed by atoms with Gasteiger partial charge in [-0.3, -0.25) is 5.32 Å². The van der Waals surface area contributed by atoms with Crippen LogP contribution in [0.1, 0.15) is 18.2 Å². The minimum absolute atomic E-state index is 0.583. The van der Waals surface area contributed by atoms with E-state index in [0.29, 0.717) is 5.69 Å². The van der Waals surface area contributed by atoms with Crippen LogP contribution in [0.15, 0.2) is 23.6 Å². The highest BCUT2D eigenvalue weighted by atomic mass is 32.1. The van der Waals surface area contributed by atoms with E-state index in [2.05, 4.69) is 10.3 Å². The van der Waals surface area contributed by atoms with Crippen molar-refractivity contribution < 1.29 is 9.90 Å². The number of hydrogen-bond donors (Lipinski definition) is 2. The quantitative estimate of drug-likeness (QED) is 0.885. The van der Waals surface area contributed by atoms with Gasteiger partial charge < -0.3 is 5.11 Å². The summed E-state index contributed by atoms with van der Waals surface area (Å²) < 4.78 is 0. The highest BCUT2D eigenvalue weighted by molar-refractivity contribution is 7.13. The third-order valence-corrected chi connectivity index (χ3v) is 3.49. The molecule has 0 radical (unpaired) electrons. The van der Waals surface area contributed by atoms with Crippen molar-refractivity contribution in [2.24, 2.45) is 0 Å². The topological polar surface area (TPSA) is 62.2 Å². The van der Waals surface area contributed by atoms with E-state index in [4.69, 9.17) is 5.11 Å². The molecule has 2 N–H and O–H groups in total. The smallest absolute Gasteiger partial charge is 0.409 e. The minimum atomic E-state index is -1.06. The van der Waals surface area contributed by atoms with E-state index in [1.807, 2.05) is 37.4 Å². The molecule has 0 saturated carbocycles. The maximum Gasteiger partial charge on any atom is 0.409 e. The predicted molar refractivity (Wildman–Crippen MR) is 73.3 cm³/mol. The summed E-state index contributed by atoms with van der Waals surface area (Å²) in [5, 5.41) is 14.1. The minimum Gasteiger partial charge on any atom is -0.465 e. The van der Waals surface area contributed by atoms with Crippen LogP contribution in [0.25, 0.3) is 10.6 Å². The Balaban J connectivity index is 2.45. The average molecular weight is 262 g/mol. The molecule has 0 aliphatic heterocycles. The van der Waals surface area contributed by atoms with Crippen LogP contribution in [0.5, 0.6) is 0 Å². The van der Waals surface area contributed by atoms with Crippen LogP contribution >= 0.6 is 11.3 Å². The van der Waals surface area contributed by atoms with Gasteiger partial charge in [-0.25, -0.2) is 9.78 Å². The summed E-state index contributed by atoms with van der Waals surface area (Å²) >= 11 is 1.53. The molecule has 5 heteroatoms. The predicted octanol–water partition coefficient (Wildman–Crippen LogP) is 3.77. The summed E-state index contributed by atoms with van der Waals surface area (Å²) in [6.45, 7) is 3.97. The first kappa shape index (κ1) is 12.6. The highest BCUT2D eigenvalue weighted by Crippen LogP contribution is 2.31. The number of aromatic nitrogens is 1. The molecule has 0 aliphatic rings. The SMILES string of the molecule is CCc1csc(-c2ccc(C)cc2NC(=O)O)n1. The number of aryl methyl sites for hydroxylation is 2. The van der Waals surface area contributed by atoms with Gasteiger partial charge >= 0.3 is 6.09 Å². The van der Waals surface area contributed by atoms with Crippen molar-refractivity contribution in [3.63, 3.8) is 0 Å². The zero-order chi connectivity index (χ0) is 13.1. The standard InChI is InChI=1S/C13H14N2O2S/c1-3-9-7-18-12(14-9)10-5-4-8(2)6-11(10)15-13(16)17/h4-7,15H,3H2,1-2H3,(H,16,17). The second kappa shape index (κ2) is 5.18. The first-order valence-corrected chi connectivity index (χ1v) is 6.53. The molecule has 1 aromatic carbocycles. The molecule has 0 saturated heterocycles. The van der Waals surface area contributed by atoms with Crippen LogP contribution in [0.2, 0.25) is 0 Å². The number of carboxylic acid groups (broad SMARTS) is 1. The number of amides is 1. The van der Waals surface area contributed by atoms with Crippen LogP contribution in [-0.4, -0.2) is 16.2 Å². The fourth-order valence-corrected chi connectivity index (χ4v) is 2.60. The first-order valence-electron chi connectivity index (χ1n) is 5.65. The van der Waals surface area contributed by atoms with Crippen molar-refractivity contribution >= 4 is 23.1 Å². The molecule has 0 bridgehead atoms. The average Bonchev–Trinajstić information content (AvgIpc) is 2.77. The van der Waals surface area contributed by atoms with E-state index < -0.39 is 6.09 Å². The highest BCUT2D eigenvalue weighted by Gasteiger charge is 2.11. The normalized spacial score (nSPS) is 10.3. The molecule has 1 heterocycles. The fourth-order valence-electron chi connectivity index (χ4n) is 1.66. The number of rotatable bonds is 3. The Labute approximate surface area is 109 Å². The Morgan fingerprint density at radius 1 is 1.50 bits per heavy atom. The summed E-state index contributed by atoms with van der Waals surface area (Å²) in [7, 11) is 0. The zero-order valence-electron chi connectivity index (χ0n) is 10.2. The number of hydrogen-bond acceptors (Lipinski definition) is 3. The Morgan fingerprint density at radius 2 is 2.28 bits per heavy atom. The monoisotopic (exact) mass is 262 g/mol. The fraction of sp³-hybridized carbons (Fsp3) is 0.231. The van der Waals surface area contributed by atoms with Crippen molar-refractivity contribution in [1.82, 2.24) is 4.98 Å². The number of nitrogens with one attached hydrogen (secondary N) is 1. The largest absolute Gasteiger partial charge is 0.465 e. The van der Waals surface area contributed by atoms with E-state index in [1.54, 1.807) is 0 Å². The van der Waals surface area contributed by atoms with E-state index in [-0.39, 0.29) is 0 Å². The van der Waals surface area contributed by atoms with Crippen molar-refractivity contribution in [2.45, 2.75) is 20.3 Å². The third kappa shape index (κ3) is 2.68. The van der Waals surface area contributed by atoms with Crippen molar-refractivity contribution in [1.29, 1.82) is 0 Å². The molecule has 0 fully saturated rings. The molecule has 0 aliphatic carbocycles.